The second-order valence-corrected chi connectivity index (χ2v) is 4.82. The van der Waals surface area contributed by atoms with Crippen LogP contribution in [0.1, 0.15) is 25.0 Å². The fourth-order valence-electron chi connectivity index (χ4n) is 1.63. The first-order valence-electron chi connectivity index (χ1n) is 5.71. The molecule has 0 fully saturated rings. The Balaban J connectivity index is 2.85. The van der Waals surface area contributed by atoms with Gasteiger partial charge in [0.05, 0.1) is 25.9 Å². The molecule has 0 bridgehead atoms. The quantitative estimate of drug-likeness (QED) is 0.761. The summed E-state index contributed by atoms with van der Waals surface area (Å²) >= 11 is 1.73. The van der Waals surface area contributed by atoms with Crippen molar-refractivity contribution in [2.45, 2.75) is 19.4 Å². The Kier molecular flexibility index (Phi) is 6.22. The van der Waals surface area contributed by atoms with E-state index in [0.29, 0.717) is 17.3 Å². The van der Waals surface area contributed by atoms with Crippen LogP contribution < -0.4 is 9.47 Å². The Labute approximate surface area is 107 Å². The molecule has 0 aliphatic rings. The summed E-state index contributed by atoms with van der Waals surface area (Å²) in [6.45, 7) is 2.13. The van der Waals surface area contributed by atoms with E-state index in [1.54, 1.807) is 26.0 Å². The maximum absolute atomic E-state index is 10.2. The van der Waals surface area contributed by atoms with Crippen LogP contribution in [0.5, 0.6) is 11.5 Å². The molecule has 0 aliphatic heterocycles. The molecule has 1 N–H and O–H groups in total. The van der Waals surface area contributed by atoms with Gasteiger partial charge in [0.15, 0.2) is 0 Å². The molecule has 0 spiro atoms. The van der Waals surface area contributed by atoms with Crippen molar-refractivity contribution in [2.75, 3.05) is 25.7 Å². The maximum Gasteiger partial charge on any atom is 0.128 e. The maximum atomic E-state index is 10.2. The molecule has 3 nitrogen and oxygen atoms in total. The van der Waals surface area contributed by atoms with Crippen LogP contribution in [0.15, 0.2) is 18.2 Å². The van der Waals surface area contributed by atoms with E-state index >= 15 is 0 Å². The van der Waals surface area contributed by atoms with Gasteiger partial charge in [0.25, 0.3) is 0 Å². The summed E-state index contributed by atoms with van der Waals surface area (Å²) in [7, 11) is 3.20. The topological polar surface area (TPSA) is 38.7 Å². The number of aliphatic hydroxyl groups is 1. The highest BCUT2D eigenvalue weighted by Gasteiger charge is 2.18. The van der Waals surface area contributed by atoms with E-state index in [-0.39, 0.29) is 0 Å². The molecule has 1 aromatic rings. The molecule has 4 heteroatoms. The van der Waals surface area contributed by atoms with Gasteiger partial charge in [-0.3, -0.25) is 0 Å². The molecule has 0 saturated carbocycles. The van der Waals surface area contributed by atoms with Gasteiger partial charge < -0.3 is 14.6 Å². The highest BCUT2D eigenvalue weighted by atomic mass is 32.2. The number of hydrogen-bond acceptors (Lipinski definition) is 4. The SMILES string of the molecule is CCCSCC(O)c1c(OC)cccc1OC. The Morgan fingerprint density at radius 1 is 1.24 bits per heavy atom. The first kappa shape index (κ1) is 14.2. The second-order valence-electron chi connectivity index (χ2n) is 3.67. The van der Waals surface area contributed by atoms with E-state index < -0.39 is 6.10 Å². The zero-order valence-electron chi connectivity index (χ0n) is 10.6. The zero-order valence-corrected chi connectivity index (χ0v) is 11.4. The van der Waals surface area contributed by atoms with Crippen molar-refractivity contribution in [2.24, 2.45) is 0 Å². The molecule has 0 saturated heterocycles. The summed E-state index contributed by atoms with van der Waals surface area (Å²) in [5.41, 5.74) is 0.737. The number of rotatable bonds is 7. The van der Waals surface area contributed by atoms with E-state index in [2.05, 4.69) is 6.92 Å². The molecule has 0 heterocycles. The largest absolute Gasteiger partial charge is 0.496 e. The van der Waals surface area contributed by atoms with Crippen molar-refractivity contribution in [1.29, 1.82) is 0 Å². The Morgan fingerprint density at radius 3 is 2.29 bits per heavy atom. The van der Waals surface area contributed by atoms with Gasteiger partial charge in [-0.2, -0.15) is 11.8 Å². The third kappa shape index (κ3) is 3.82. The minimum Gasteiger partial charge on any atom is -0.496 e. The number of hydrogen-bond donors (Lipinski definition) is 1. The lowest BCUT2D eigenvalue weighted by atomic mass is 10.1. The fraction of sp³-hybridized carbons (Fsp3) is 0.538. The minimum absolute atomic E-state index is 0.558. The molecule has 1 unspecified atom stereocenters. The first-order chi connectivity index (χ1) is 8.24. The van der Waals surface area contributed by atoms with Crippen molar-refractivity contribution >= 4 is 11.8 Å². The van der Waals surface area contributed by atoms with E-state index in [9.17, 15) is 5.11 Å². The summed E-state index contributed by atoms with van der Waals surface area (Å²) in [5, 5.41) is 10.2. The van der Waals surface area contributed by atoms with Gasteiger partial charge >= 0.3 is 0 Å². The van der Waals surface area contributed by atoms with E-state index in [0.717, 1.165) is 17.7 Å². The summed E-state index contributed by atoms with van der Waals surface area (Å²) in [5.74, 6) is 3.06. The third-order valence-electron chi connectivity index (χ3n) is 2.42. The molecular weight excluding hydrogens is 236 g/mol. The molecular formula is C13H20O3S. The van der Waals surface area contributed by atoms with Crippen molar-refractivity contribution in [3.05, 3.63) is 23.8 Å². The van der Waals surface area contributed by atoms with E-state index in [1.165, 1.54) is 0 Å². The lowest BCUT2D eigenvalue weighted by Gasteiger charge is -2.17. The monoisotopic (exact) mass is 256 g/mol. The average molecular weight is 256 g/mol. The summed E-state index contributed by atoms with van der Waals surface area (Å²) < 4.78 is 10.5. The second kappa shape index (κ2) is 7.45. The van der Waals surface area contributed by atoms with Crippen LogP contribution in [0.25, 0.3) is 0 Å². The van der Waals surface area contributed by atoms with Crippen molar-refractivity contribution in [3.63, 3.8) is 0 Å². The number of ether oxygens (including phenoxy) is 2. The summed E-state index contributed by atoms with van der Waals surface area (Å²) in [6, 6.07) is 5.53. The molecule has 0 amide bonds. The number of thioether (sulfide) groups is 1. The highest BCUT2D eigenvalue weighted by molar-refractivity contribution is 7.99. The van der Waals surface area contributed by atoms with E-state index in [1.807, 2.05) is 18.2 Å². The van der Waals surface area contributed by atoms with Crippen LogP contribution in [-0.4, -0.2) is 30.8 Å². The van der Waals surface area contributed by atoms with Crippen molar-refractivity contribution in [1.82, 2.24) is 0 Å². The summed E-state index contributed by atoms with van der Waals surface area (Å²) in [4.78, 5) is 0. The van der Waals surface area contributed by atoms with Gasteiger partial charge in [0, 0.05) is 5.75 Å². The summed E-state index contributed by atoms with van der Waals surface area (Å²) in [6.07, 6.45) is 0.554. The molecule has 0 aromatic heterocycles. The number of methoxy groups -OCH3 is 2. The van der Waals surface area contributed by atoms with Crippen LogP contribution >= 0.6 is 11.8 Å². The molecule has 1 aromatic carbocycles. The van der Waals surface area contributed by atoms with Gasteiger partial charge in [0.2, 0.25) is 0 Å². The average Bonchev–Trinajstić information content (AvgIpc) is 2.37. The lowest BCUT2D eigenvalue weighted by Crippen LogP contribution is -2.06. The van der Waals surface area contributed by atoms with Crippen LogP contribution in [0, 0.1) is 0 Å². The predicted molar refractivity (Wildman–Crippen MR) is 72.1 cm³/mol. The van der Waals surface area contributed by atoms with Gasteiger partial charge in [-0.1, -0.05) is 13.0 Å². The Hall–Kier alpha value is -0.870. The molecule has 0 aliphatic carbocycles. The Bertz CT molecular complexity index is 319. The molecule has 1 rings (SSSR count). The van der Waals surface area contributed by atoms with Crippen molar-refractivity contribution < 1.29 is 14.6 Å². The van der Waals surface area contributed by atoms with Gasteiger partial charge in [-0.25, -0.2) is 0 Å². The smallest absolute Gasteiger partial charge is 0.128 e. The first-order valence-corrected chi connectivity index (χ1v) is 6.86. The fourth-order valence-corrected chi connectivity index (χ4v) is 2.48. The van der Waals surface area contributed by atoms with Gasteiger partial charge in [-0.05, 0) is 24.3 Å². The number of benzene rings is 1. The zero-order chi connectivity index (χ0) is 12.7. The number of aliphatic hydroxyl groups excluding tert-OH is 1. The third-order valence-corrected chi connectivity index (χ3v) is 3.67. The minimum atomic E-state index is -0.558. The normalized spacial score (nSPS) is 12.2. The highest BCUT2D eigenvalue weighted by Crippen LogP contribution is 2.35. The van der Waals surface area contributed by atoms with Crippen LogP contribution in [0.4, 0.5) is 0 Å². The van der Waals surface area contributed by atoms with Crippen molar-refractivity contribution in [3.8, 4) is 11.5 Å². The molecule has 17 heavy (non-hydrogen) atoms. The molecule has 96 valence electrons. The van der Waals surface area contributed by atoms with E-state index in [4.69, 9.17) is 9.47 Å². The molecule has 1 atom stereocenters. The van der Waals surface area contributed by atoms with Crippen LogP contribution in [0.2, 0.25) is 0 Å². The lowest BCUT2D eigenvalue weighted by molar-refractivity contribution is 0.193. The molecule has 0 radical (unpaired) electrons. The van der Waals surface area contributed by atoms with Gasteiger partial charge in [-0.15, -0.1) is 0 Å². The van der Waals surface area contributed by atoms with Crippen LogP contribution in [0.3, 0.4) is 0 Å². The van der Waals surface area contributed by atoms with Gasteiger partial charge in [0.1, 0.15) is 11.5 Å². The predicted octanol–water partition coefficient (Wildman–Crippen LogP) is 2.88. The Morgan fingerprint density at radius 2 is 1.82 bits per heavy atom. The standard InChI is InChI=1S/C13H20O3S/c1-4-8-17-9-10(14)13-11(15-2)6-5-7-12(13)16-3/h5-7,10,14H,4,8-9H2,1-3H3. The van der Waals surface area contributed by atoms with Crippen LogP contribution in [-0.2, 0) is 0 Å².